The first-order chi connectivity index (χ1) is 7.47. The third-order valence-electron chi connectivity index (χ3n) is 1.95. The summed E-state index contributed by atoms with van der Waals surface area (Å²) in [6, 6.07) is -0.835. The van der Waals surface area contributed by atoms with Crippen molar-refractivity contribution < 1.29 is 19.8 Å². The Balaban J connectivity index is 3.69. The predicted molar refractivity (Wildman–Crippen MR) is 59.0 cm³/mol. The highest BCUT2D eigenvalue weighted by Crippen LogP contribution is 1.91. The Morgan fingerprint density at radius 1 is 1.31 bits per heavy atom. The fourth-order valence-electron chi connectivity index (χ4n) is 1.09. The second-order valence-corrected chi connectivity index (χ2v) is 3.85. The Labute approximate surface area is 95.0 Å². The lowest BCUT2D eigenvalue weighted by molar-refractivity contribution is -0.142. The van der Waals surface area contributed by atoms with Crippen LogP contribution in [0.5, 0.6) is 0 Å². The quantitative estimate of drug-likeness (QED) is 0.416. The zero-order valence-electron chi connectivity index (χ0n) is 9.69. The number of amides is 1. The summed E-state index contributed by atoms with van der Waals surface area (Å²) in [4.78, 5) is 21.7. The lowest BCUT2D eigenvalue weighted by Gasteiger charge is -2.12. The number of carboxylic acid groups (broad SMARTS) is 1. The van der Waals surface area contributed by atoms with Gasteiger partial charge in [-0.1, -0.05) is 13.8 Å². The van der Waals surface area contributed by atoms with E-state index in [0.29, 0.717) is 19.0 Å². The van der Waals surface area contributed by atoms with Gasteiger partial charge >= 0.3 is 5.97 Å². The summed E-state index contributed by atoms with van der Waals surface area (Å²) in [5.41, 5.74) is 0. The number of carboxylic acids is 1. The molecule has 0 bridgehead atoms. The molecule has 1 unspecified atom stereocenters. The fraction of sp³-hybridized carbons (Fsp3) is 0.800. The molecule has 6 heteroatoms. The van der Waals surface area contributed by atoms with E-state index in [1.54, 1.807) is 0 Å². The number of hydrogen-bond donors (Lipinski definition) is 4. The largest absolute Gasteiger partial charge is 0.480 e. The number of rotatable bonds is 8. The highest BCUT2D eigenvalue weighted by Gasteiger charge is 2.17. The van der Waals surface area contributed by atoms with Gasteiger partial charge in [-0.2, -0.15) is 0 Å². The van der Waals surface area contributed by atoms with Gasteiger partial charge in [-0.25, -0.2) is 4.79 Å². The van der Waals surface area contributed by atoms with Crippen LogP contribution in [-0.2, 0) is 9.59 Å². The second kappa shape index (κ2) is 8.06. The fourth-order valence-corrected chi connectivity index (χ4v) is 1.09. The van der Waals surface area contributed by atoms with E-state index >= 15 is 0 Å². The number of carbonyl (C=O) groups excluding carboxylic acids is 1. The minimum absolute atomic E-state index is 0.253. The molecule has 0 aromatic rings. The number of hydrogen-bond acceptors (Lipinski definition) is 4. The van der Waals surface area contributed by atoms with E-state index in [-0.39, 0.29) is 12.3 Å². The molecule has 0 spiro atoms. The van der Waals surface area contributed by atoms with Crippen LogP contribution in [0.1, 0.15) is 26.7 Å². The normalized spacial score (nSPS) is 12.5. The van der Waals surface area contributed by atoms with Gasteiger partial charge in [0.2, 0.25) is 5.91 Å². The average molecular weight is 232 g/mol. The van der Waals surface area contributed by atoms with Crippen molar-refractivity contribution in [1.82, 2.24) is 10.6 Å². The van der Waals surface area contributed by atoms with E-state index in [2.05, 4.69) is 10.6 Å². The monoisotopic (exact) mass is 232 g/mol. The molecule has 4 N–H and O–H groups in total. The maximum absolute atomic E-state index is 11.2. The summed E-state index contributed by atoms with van der Waals surface area (Å²) >= 11 is 0. The van der Waals surface area contributed by atoms with Crippen LogP contribution in [-0.4, -0.2) is 47.3 Å². The molecule has 0 aliphatic rings. The molecule has 1 amide bonds. The maximum atomic E-state index is 11.2. The standard InChI is InChI=1S/C10H20N2O4/c1-7(2)11-5-3-4-9(14)12-8(6-13)10(15)16/h7-8,11,13H,3-6H2,1-2H3,(H,12,14)(H,15,16). The summed E-state index contributed by atoms with van der Waals surface area (Å²) in [6.07, 6.45) is 0.894. The Hall–Kier alpha value is -1.14. The van der Waals surface area contributed by atoms with Crippen LogP contribution in [0, 0.1) is 0 Å². The van der Waals surface area contributed by atoms with E-state index in [0.717, 1.165) is 0 Å². The van der Waals surface area contributed by atoms with Crippen LogP contribution < -0.4 is 10.6 Å². The molecule has 0 heterocycles. The molecule has 0 saturated heterocycles. The summed E-state index contributed by atoms with van der Waals surface area (Å²) in [5, 5.41) is 22.6. The van der Waals surface area contributed by atoms with Gasteiger partial charge in [-0.3, -0.25) is 4.79 Å². The van der Waals surface area contributed by atoms with Gasteiger partial charge in [0.25, 0.3) is 0 Å². The van der Waals surface area contributed by atoms with Gasteiger partial charge in [-0.05, 0) is 13.0 Å². The highest BCUT2D eigenvalue weighted by molar-refractivity contribution is 5.83. The molecule has 0 aromatic heterocycles. The van der Waals surface area contributed by atoms with Gasteiger partial charge < -0.3 is 20.8 Å². The Bertz CT molecular complexity index is 231. The first-order valence-corrected chi connectivity index (χ1v) is 5.33. The number of aliphatic hydroxyl groups is 1. The van der Waals surface area contributed by atoms with Crippen molar-refractivity contribution in [2.24, 2.45) is 0 Å². The molecular formula is C10H20N2O4. The van der Waals surface area contributed by atoms with E-state index in [4.69, 9.17) is 10.2 Å². The van der Waals surface area contributed by atoms with E-state index in [9.17, 15) is 9.59 Å². The zero-order chi connectivity index (χ0) is 12.6. The smallest absolute Gasteiger partial charge is 0.328 e. The van der Waals surface area contributed by atoms with Gasteiger partial charge in [0.05, 0.1) is 6.61 Å². The van der Waals surface area contributed by atoms with Crippen LogP contribution in [0.2, 0.25) is 0 Å². The van der Waals surface area contributed by atoms with Gasteiger partial charge in [0.1, 0.15) is 6.04 Å². The van der Waals surface area contributed by atoms with Crippen molar-refractivity contribution in [1.29, 1.82) is 0 Å². The van der Waals surface area contributed by atoms with Gasteiger partial charge in [0.15, 0.2) is 0 Å². The third-order valence-corrected chi connectivity index (χ3v) is 1.95. The van der Waals surface area contributed by atoms with E-state index < -0.39 is 18.6 Å². The van der Waals surface area contributed by atoms with Crippen molar-refractivity contribution in [2.45, 2.75) is 38.8 Å². The summed E-state index contributed by atoms with van der Waals surface area (Å²) < 4.78 is 0. The Morgan fingerprint density at radius 2 is 1.94 bits per heavy atom. The van der Waals surface area contributed by atoms with Gasteiger partial charge in [-0.15, -0.1) is 0 Å². The molecule has 0 aromatic carbocycles. The first kappa shape index (κ1) is 14.9. The lowest BCUT2D eigenvalue weighted by atomic mass is 10.2. The molecule has 0 saturated carbocycles. The van der Waals surface area contributed by atoms with Crippen molar-refractivity contribution >= 4 is 11.9 Å². The number of aliphatic carboxylic acids is 1. The van der Waals surface area contributed by atoms with Crippen molar-refractivity contribution in [3.8, 4) is 0 Å². The number of carbonyl (C=O) groups is 2. The number of nitrogens with one attached hydrogen (secondary N) is 2. The molecular weight excluding hydrogens is 212 g/mol. The zero-order valence-corrected chi connectivity index (χ0v) is 9.69. The predicted octanol–water partition coefficient (Wildman–Crippen LogP) is -0.674. The molecule has 0 aliphatic heterocycles. The van der Waals surface area contributed by atoms with Gasteiger partial charge in [0, 0.05) is 12.5 Å². The third kappa shape index (κ3) is 7.19. The van der Waals surface area contributed by atoms with E-state index in [1.807, 2.05) is 13.8 Å². The van der Waals surface area contributed by atoms with Crippen molar-refractivity contribution in [3.05, 3.63) is 0 Å². The maximum Gasteiger partial charge on any atom is 0.328 e. The van der Waals surface area contributed by atoms with Crippen LogP contribution in [0.4, 0.5) is 0 Å². The first-order valence-electron chi connectivity index (χ1n) is 5.33. The molecule has 16 heavy (non-hydrogen) atoms. The molecule has 1 atom stereocenters. The van der Waals surface area contributed by atoms with Crippen LogP contribution in [0.25, 0.3) is 0 Å². The number of aliphatic hydroxyl groups excluding tert-OH is 1. The molecule has 0 radical (unpaired) electrons. The van der Waals surface area contributed by atoms with Crippen LogP contribution in [0.3, 0.4) is 0 Å². The Morgan fingerprint density at radius 3 is 2.38 bits per heavy atom. The molecule has 94 valence electrons. The highest BCUT2D eigenvalue weighted by atomic mass is 16.4. The van der Waals surface area contributed by atoms with Crippen LogP contribution >= 0.6 is 0 Å². The Kier molecular flexibility index (Phi) is 7.49. The summed E-state index contributed by atoms with van der Waals surface area (Å²) in [5.74, 6) is -1.58. The second-order valence-electron chi connectivity index (χ2n) is 3.85. The molecule has 6 nitrogen and oxygen atoms in total. The minimum atomic E-state index is -1.23. The van der Waals surface area contributed by atoms with E-state index in [1.165, 1.54) is 0 Å². The lowest BCUT2D eigenvalue weighted by Crippen LogP contribution is -2.43. The van der Waals surface area contributed by atoms with Crippen molar-refractivity contribution in [3.63, 3.8) is 0 Å². The SMILES string of the molecule is CC(C)NCCCC(=O)NC(CO)C(=O)O. The summed E-state index contributed by atoms with van der Waals surface area (Å²) in [7, 11) is 0. The summed E-state index contributed by atoms with van der Waals surface area (Å²) in [6.45, 7) is 4.13. The molecule has 0 rings (SSSR count). The average Bonchev–Trinajstić information content (AvgIpc) is 2.20. The van der Waals surface area contributed by atoms with Crippen LogP contribution in [0.15, 0.2) is 0 Å². The topological polar surface area (TPSA) is 98.7 Å². The molecule has 0 aliphatic carbocycles. The minimum Gasteiger partial charge on any atom is -0.480 e. The van der Waals surface area contributed by atoms with Crippen molar-refractivity contribution in [2.75, 3.05) is 13.2 Å². The molecule has 0 fully saturated rings.